The van der Waals surface area contributed by atoms with Gasteiger partial charge >= 0.3 is 11.8 Å². The van der Waals surface area contributed by atoms with Gasteiger partial charge in [0.25, 0.3) is 0 Å². The molecule has 8 heteroatoms. The lowest BCUT2D eigenvalue weighted by Crippen LogP contribution is -2.41. The van der Waals surface area contributed by atoms with Gasteiger partial charge in [0.05, 0.1) is 12.3 Å². The van der Waals surface area contributed by atoms with Crippen LogP contribution >= 0.6 is 0 Å². The van der Waals surface area contributed by atoms with E-state index in [4.69, 9.17) is 14.2 Å². The molecule has 3 rings (SSSR count). The molecular formula is C15H17N3O5. The zero-order chi connectivity index (χ0) is 16.1. The molecule has 2 heterocycles. The third kappa shape index (κ3) is 3.98. The van der Waals surface area contributed by atoms with E-state index < -0.39 is 11.8 Å². The molecule has 0 unspecified atom stereocenters. The molecule has 0 spiro atoms. The molecule has 2 amide bonds. The molecule has 0 aliphatic carbocycles. The number of nitrogens with one attached hydrogen (secondary N) is 2. The fraction of sp³-hybridized carbons (Fsp3) is 0.400. The summed E-state index contributed by atoms with van der Waals surface area (Å²) < 4.78 is 15.8. The summed E-state index contributed by atoms with van der Waals surface area (Å²) in [6.45, 7) is 1.22. The average Bonchev–Trinajstić information content (AvgIpc) is 3.23. The minimum atomic E-state index is -0.819. The van der Waals surface area contributed by atoms with Crippen molar-refractivity contribution in [2.45, 2.75) is 18.9 Å². The monoisotopic (exact) mass is 319 g/mol. The summed E-state index contributed by atoms with van der Waals surface area (Å²) in [6.07, 6.45) is 3.29. The van der Waals surface area contributed by atoms with Crippen LogP contribution in [-0.4, -0.2) is 44.1 Å². The first-order valence-electron chi connectivity index (χ1n) is 7.35. The van der Waals surface area contributed by atoms with Crippen LogP contribution in [0.5, 0.6) is 11.5 Å². The second kappa shape index (κ2) is 7.10. The summed E-state index contributed by atoms with van der Waals surface area (Å²) in [4.78, 5) is 23.2. The molecule has 122 valence electrons. The zero-order valence-electron chi connectivity index (χ0n) is 12.4. The molecule has 0 aromatic heterocycles. The van der Waals surface area contributed by atoms with Crippen molar-refractivity contribution in [2.75, 3.05) is 19.9 Å². The van der Waals surface area contributed by atoms with Gasteiger partial charge in [-0.05, 0) is 36.6 Å². The first-order chi connectivity index (χ1) is 11.2. The molecule has 0 radical (unpaired) electrons. The predicted octanol–water partition coefficient (Wildman–Crippen LogP) is 0.161. The molecule has 8 nitrogen and oxygen atoms in total. The number of rotatable bonds is 4. The molecule has 1 fully saturated rings. The largest absolute Gasteiger partial charge is 0.454 e. The van der Waals surface area contributed by atoms with E-state index in [1.807, 2.05) is 0 Å². The number of nitrogens with zero attached hydrogens (tertiary/aromatic N) is 1. The first kappa shape index (κ1) is 15.3. The van der Waals surface area contributed by atoms with E-state index in [1.54, 1.807) is 18.2 Å². The number of carbonyl (C=O) groups is 2. The van der Waals surface area contributed by atoms with Crippen LogP contribution in [0.2, 0.25) is 0 Å². The van der Waals surface area contributed by atoms with Crippen molar-refractivity contribution in [3.63, 3.8) is 0 Å². The number of carbonyl (C=O) groups excluding carboxylic acids is 2. The maximum absolute atomic E-state index is 11.6. The van der Waals surface area contributed by atoms with Gasteiger partial charge in [-0.1, -0.05) is 0 Å². The van der Waals surface area contributed by atoms with Crippen molar-refractivity contribution in [2.24, 2.45) is 5.10 Å². The van der Waals surface area contributed by atoms with Gasteiger partial charge in [0.15, 0.2) is 11.5 Å². The maximum atomic E-state index is 11.6. The van der Waals surface area contributed by atoms with Gasteiger partial charge in [-0.15, -0.1) is 0 Å². The second-order valence-corrected chi connectivity index (χ2v) is 5.16. The molecule has 1 saturated heterocycles. The van der Waals surface area contributed by atoms with E-state index in [0.717, 1.165) is 12.8 Å². The van der Waals surface area contributed by atoms with Crippen molar-refractivity contribution < 1.29 is 23.8 Å². The van der Waals surface area contributed by atoms with Gasteiger partial charge in [-0.3, -0.25) is 9.59 Å². The fourth-order valence-corrected chi connectivity index (χ4v) is 2.30. The van der Waals surface area contributed by atoms with Crippen LogP contribution < -0.4 is 20.2 Å². The van der Waals surface area contributed by atoms with Crippen molar-refractivity contribution in [3.8, 4) is 11.5 Å². The molecule has 0 bridgehead atoms. The third-order valence-electron chi connectivity index (χ3n) is 3.50. The fourth-order valence-electron chi connectivity index (χ4n) is 2.30. The van der Waals surface area contributed by atoms with Crippen molar-refractivity contribution in [3.05, 3.63) is 23.8 Å². The smallest absolute Gasteiger partial charge is 0.329 e. The third-order valence-corrected chi connectivity index (χ3v) is 3.50. The normalized spacial score (nSPS) is 19.0. The lowest BCUT2D eigenvalue weighted by Gasteiger charge is -2.09. The number of hydrazone groups is 1. The predicted molar refractivity (Wildman–Crippen MR) is 80.3 cm³/mol. The average molecular weight is 319 g/mol. The highest BCUT2D eigenvalue weighted by atomic mass is 16.7. The van der Waals surface area contributed by atoms with Crippen LogP contribution in [-0.2, 0) is 14.3 Å². The number of hydrogen-bond acceptors (Lipinski definition) is 6. The Kier molecular flexibility index (Phi) is 4.72. The number of hydrogen-bond donors (Lipinski definition) is 2. The van der Waals surface area contributed by atoms with Gasteiger partial charge in [0, 0.05) is 13.2 Å². The van der Waals surface area contributed by atoms with Gasteiger partial charge in [-0.2, -0.15) is 5.10 Å². The van der Waals surface area contributed by atoms with E-state index in [-0.39, 0.29) is 12.9 Å². The van der Waals surface area contributed by atoms with Crippen LogP contribution in [0.25, 0.3) is 0 Å². The Morgan fingerprint density at radius 3 is 2.96 bits per heavy atom. The highest BCUT2D eigenvalue weighted by Crippen LogP contribution is 2.31. The van der Waals surface area contributed by atoms with Crippen LogP contribution in [0.3, 0.4) is 0 Å². The van der Waals surface area contributed by atoms with Crippen LogP contribution in [0, 0.1) is 0 Å². The van der Waals surface area contributed by atoms with E-state index in [0.29, 0.717) is 30.2 Å². The molecule has 1 aromatic rings. The number of benzene rings is 1. The summed E-state index contributed by atoms with van der Waals surface area (Å²) in [5, 5.41) is 6.28. The summed E-state index contributed by atoms with van der Waals surface area (Å²) in [5.74, 6) is -0.266. The van der Waals surface area contributed by atoms with E-state index in [9.17, 15) is 9.59 Å². The summed E-state index contributed by atoms with van der Waals surface area (Å²) in [7, 11) is 0. The molecule has 2 aliphatic rings. The number of fused-ring (bicyclic) bond motifs is 1. The first-order valence-corrected chi connectivity index (χ1v) is 7.35. The van der Waals surface area contributed by atoms with E-state index in [1.165, 1.54) is 6.21 Å². The number of amides is 2. The Morgan fingerprint density at radius 2 is 2.13 bits per heavy atom. The summed E-state index contributed by atoms with van der Waals surface area (Å²) in [5.41, 5.74) is 2.90. The molecule has 1 atom stereocenters. The molecule has 2 aliphatic heterocycles. The van der Waals surface area contributed by atoms with Gasteiger partial charge in [0.2, 0.25) is 6.79 Å². The zero-order valence-corrected chi connectivity index (χ0v) is 12.4. The van der Waals surface area contributed by atoms with E-state index in [2.05, 4.69) is 15.8 Å². The second-order valence-electron chi connectivity index (χ2n) is 5.16. The maximum Gasteiger partial charge on any atom is 0.329 e. The Hall–Kier alpha value is -2.61. The molecular weight excluding hydrogens is 302 g/mol. The van der Waals surface area contributed by atoms with E-state index >= 15 is 0 Å². The van der Waals surface area contributed by atoms with Gasteiger partial charge in [-0.25, -0.2) is 5.43 Å². The Morgan fingerprint density at radius 1 is 1.26 bits per heavy atom. The van der Waals surface area contributed by atoms with Crippen LogP contribution in [0.4, 0.5) is 0 Å². The van der Waals surface area contributed by atoms with Crippen molar-refractivity contribution in [1.82, 2.24) is 10.7 Å². The Balaban J connectivity index is 1.45. The van der Waals surface area contributed by atoms with Gasteiger partial charge in [0.1, 0.15) is 0 Å². The SMILES string of the molecule is O=C(NC[C@@H]1CCCO1)C(=O)N/N=C/c1ccc2c(c1)OCO2. The number of ether oxygens (including phenoxy) is 3. The molecule has 2 N–H and O–H groups in total. The Bertz CT molecular complexity index is 626. The highest BCUT2D eigenvalue weighted by molar-refractivity contribution is 6.35. The quantitative estimate of drug-likeness (QED) is 0.468. The van der Waals surface area contributed by atoms with Crippen LogP contribution in [0.1, 0.15) is 18.4 Å². The molecule has 0 saturated carbocycles. The van der Waals surface area contributed by atoms with Crippen LogP contribution in [0.15, 0.2) is 23.3 Å². The molecule has 1 aromatic carbocycles. The minimum Gasteiger partial charge on any atom is -0.454 e. The van der Waals surface area contributed by atoms with Crippen molar-refractivity contribution >= 4 is 18.0 Å². The summed E-state index contributed by atoms with van der Waals surface area (Å²) >= 11 is 0. The standard InChI is InChI=1S/C15H17N3O5/c19-14(16-8-11-2-1-5-21-11)15(20)18-17-7-10-3-4-12-13(6-10)23-9-22-12/h3-4,6-7,11H,1-2,5,8-9H2,(H,16,19)(H,18,20)/b17-7+/t11-/m0/s1. The lowest BCUT2D eigenvalue weighted by molar-refractivity contribution is -0.139. The highest BCUT2D eigenvalue weighted by Gasteiger charge is 2.19. The topological polar surface area (TPSA) is 98.2 Å². The molecule has 23 heavy (non-hydrogen) atoms. The Labute approximate surface area is 132 Å². The minimum absolute atomic E-state index is 0.0103. The summed E-state index contributed by atoms with van der Waals surface area (Å²) in [6, 6.07) is 5.25. The van der Waals surface area contributed by atoms with Crippen molar-refractivity contribution in [1.29, 1.82) is 0 Å². The lowest BCUT2D eigenvalue weighted by atomic mass is 10.2. The van der Waals surface area contributed by atoms with Gasteiger partial charge < -0.3 is 19.5 Å².